The number of amides is 2. The molecule has 3 N–H and O–H groups in total. The second-order valence-corrected chi connectivity index (χ2v) is 8.40. The highest BCUT2D eigenvalue weighted by atomic mass is 16.5. The van der Waals surface area contributed by atoms with E-state index in [2.05, 4.69) is 32.4 Å². The number of nitrogens with one attached hydrogen (secondary N) is 3. The third-order valence-corrected chi connectivity index (χ3v) is 6.24. The Morgan fingerprint density at radius 2 is 2.12 bits per heavy atom. The smallest absolute Gasteiger partial charge is 0.258 e. The van der Waals surface area contributed by atoms with Gasteiger partial charge in [-0.25, -0.2) is 0 Å². The maximum atomic E-state index is 13.2. The zero-order chi connectivity index (χ0) is 22.8. The van der Waals surface area contributed by atoms with Crippen molar-refractivity contribution in [2.24, 2.45) is 0 Å². The third-order valence-electron chi connectivity index (χ3n) is 6.24. The first-order valence-electron chi connectivity index (χ1n) is 11.1. The molecule has 9 heteroatoms. The van der Waals surface area contributed by atoms with Crippen LogP contribution in [0.25, 0.3) is 0 Å². The molecule has 32 heavy (non-hydrogen) atoms. The van der Waals surface area contributed by atoms with Crippen molar-refractivity contribution in [1.82, 2.24) is 9.97 Å². The Kier molecular flexibility index (Phi) is 6.16. The molecule has 2 aromatic rings. The quantitative estimate of drug-likeness (QED) is 0.660. The van der Waals surface area contributed by atoms with Crippen LogP contribution in [-0.2, 0) is 9.59 Å². The molecule has 2 amide bonds. The van der Waals surface area contributed by atoms with Crippen LogP contribution in [0.2, 0.25) is 0 Å². The number of aryl methyl sites for hydroxylation is 1. The van der Waals surface area contributed by atoms with Gasteiger partial charge in [-0.1, -0.05) is 13.0 Å². The Morgan fingerprint density at radius 1 is 1.31 bits per heavy atom. The molecule has 0 spiro atoms. The fourth-order valence-electron chi connectivity index (χ4n) is 4.56. The van der Waals surface area contributed by atoms with Crippen LogP contribution in [-0.4, -0.2) is 41.5 Å². The highest BCUT2D eigenvalue weighted by Gasteiger charge is 2.36. The van der Waals surface area contributed by atoms with Crippen molar-refractivity contribution in [1.29, 1.82) is 0 Å². The second-order valence-electron chi connectivity index (χ2n) is 8.40. The molecule has 1 aromatic carbocycles. The van der Waals surface area contributed by atoms with Crippen molar-refractivity contribution in [3.63, 3.8) is 0 Å². The molecule has 0 saturated carbocycles. The number of ether oxygens (including phenoxy) is 1. The lowest BCUT2D eigenvalue weighted by Crippen LogP contribution is -2.43. The summed E-state index contributed by atoms with van der Waals surface area (Å²) >= 11 is 0. The van der Waals surface area contributed by atoms with Gasteiger partial charge in [0.1, 0.15) is 11.6 Å². The number of fused-ring (bicyclic) bond motifs is 1. The summed E-state index contributed by atoms with van der Waals surface area (Å²) in [4.78, 5) is 48.2. The van der Waals surface area contributed by atoms with Crippen molar-refractivity contribution < 1.29 is 14.3 Å². The number of aromatic amines is 1. The lowest BCUT2D eigenvalue weighted by molar-refractivity contribution is -0.123. The third kappa shape index (κ3) is 4.19. The fraction of sp³-hybridized carbons (Fsp3) is 0.478. The van der Waals surface area contributed by atoms with Crippen molar-refractivity contribution in [3.8, 4) is 5.75 Å². The zero-order valence-electron chi connectivity index (χ0n) is 18.7. The maximum Gasteiger partial charge on any atom is 0.258 e. The van der Waals surface area contributed by atoms with Gasteiger partial charge >= 0.3 is 0 Å². The Labute approximate surface area is 186 Å². The molecule has 1 fully saturated rings. The van der Waals surface area contributed by atoms with Gasteiger partial charge in [-0.15, -0.1) is 0 Å². The van der Waals surface area contributed by atoms with Crippen LogP contribution < -0.4 is 25.8 Å². The van der Waals surface area contributed by atoms with E-state index in [0.717, 1.165) is 37.8 Å². The topological polar surface area (TPSA) is 116 Å². The predicted molar refractivity (Wildman–Crippen MR) is 122 cm³/mol. The predicted octanol–water partition coefficient (Wildman–Crippen LogP) is 2.92. The number of hydrogen-bond donors (Lipinski definition) is 3. The standard InChI is InChI=1S/C23H29N5O4/c1-4-14-7-5-6-10-28(14)23-26-20-19(22(31)27-23)15(12-18(29)25-20)21(30)24-16-11-13(2)8-9-17(16)32-3/h8-9,11,14-15H,4-7,10,12H2,1-3H3,(H,24,30)(H2,25,26,27,29,31)/t14-,15-/m0/s1. The number of nitrogens with zero attached hydrogens (tertiary/aromatic N) is 2. The summed E-state index contributed by atoms with van der Waals surface area (Å²) in [5, 5.41) is 5.51. The molecule has 3 heterocycles. The van der Waals surface area contributed by atoms with Crippen molar-refractivity contribution in [2.45, 2.75) is 57.9 Å². The molecule has 2 atom stereocenters. The molecule has 170 valence electrons. The van der Waals surface area contributed by atoms with E-state index in [1.165, 1.54) is 7.11 Å². The van der Waals surface area contributed by atoms with Crippen LogP contribution in [0.1, 0.15) is 56.1 Å². The molecule has 1 aromatic heterocycles. The molecule has 4 rings (SSSR count). The average Bonchev–Trinajstić information content (AvgIpc) is 2.78. The minimum atomic E-state index is -0.947. The van der Waals surface area contributed by atoms with E-state index in [9.17, 15) is 14.4 Å². The van der Waals surface area contributed by atoms with Gasteiger partial charge < -0.3 is 20.3 Å². The van der Waals surface area contributed by atoms with E-state index in [1.54, 1.807) is 12.1 Å². The molecule has 0 radical (unpaired) electrons. The number of piperidine rings is 1. The van der Waals surface area contributed by atoms with Crippen LogP contribution >= 0.6 is 0 Å². The van der Waals surface area contributed by atoms with E-state index >= 15 is 0 Å². The maximum absolute atomic E-state index is 13.2. The molecule has 1 saturated heterocycles. The van der Waals surface area contributed by atoms with Crippen LogP contribution in [0.15, 0.2) is 23.0 Å². The molecule has 0 aliphatic carbocycles. The number of hydrogen-bond acceptors (Lipinski definition) is 6. The van der Waals surface area contributed by atoms with Gasteiger partial charge in [-0.2, -0.15) is 4.98 Å². The number of methoxy groups -OCH3 is 1. The first-order chi connectivity index (χ1) is 15.4. The molecule has 2 aliphatic heterocycles. The number of anilines is 3. The molecule has 2 aliphatic rings. The van der Waals surface area contributed by atoms with Crippen LogP contribution in [0, 0.1) is 6.92 Å². The molecular weight excluding hydrogens is 410 g/mol. The number of carbonyl (C=O) groups excluding carboxylic acids is 2. The summed E-state index contributed by atoms with van der Waals surface area (Å²) < 4.78 is 5.33. The largest absolute Gasteiger partial charge is 0.495 e. The fourth-order valence-corrected chi connectivity index (χ4v) is 4.56. The molecule has 9 nitrogen and oxygen atoms in total. The number of aromatic nitrogens is 2. The van der Waals surface area contributed by atoms with E-state index in [0.29, 0.717) is 17.4 Å². The number of benzene rings is 1. The Bertz CT molecular complexity index is 1100. The number of carbonyl (C=O) groups is 2. The minimum Gasteiger partial charge on any atom is -0.495 e. The number of H-pyrrole nitrogens is 1. The minimum absolute atomic E-state index is 0.127. The van der Waals surface area contributed by atoms with E-state index in [-0.39, 0.29) is 29.8 Å². The average molecular weight is 440 g/mol. The summed E-state index contributed by atoms with van der Waals surface area (Å²) in [6, 6.07) is 5.71. The van der Waals surface area contributed by atoms with Gasteiger partial charge in [0.25, 0.3) is 5.56 Å². The van der Waals surface area contributed by atoms with Crippen LogP contribution in [0.5, 0.6) is 5.75 Å². The van der Waals surface area contributed by atoms with Gasteiger partial charge in [0.15, 0.2) is 0 Å². The van der Waals surface area contributed by atoms with Gasteiger partial charge in [-0.05, 0) is 50.3 Å². The summed E-state index contributed by atoms with van der Waals surface area (Å²) in [6.07, 6.45) is 4.01. The summed E-state index contributed by atoms with van der Waals surface area (Å²) in [6.45, 7) is 4.81. The Balaban J connectivity index is 1.67. The highest BCUT2D eigenvalue weighted by molar-refractivity contribution is 6.05. The Hall–Kier alpha value is -3.36. The lowest BCUT2D eigenvalue weighted by atomic mass is 9.92. The van der Waals surface area contributed by atoms with Crippen molar-refractivity contribution in [3.05, 3.63) is 39.7 Å². The number of rotatable bonds is 5. The van der Waals surface area contributed by atoms with E-state index in [1.807, 2.05) is 13.0 Å². The summed E-state index contributed by atoms with van der Waals surface area (Å²) in [5.41, 5.74) is 1.22. The second kappa shape index (κ2) is 9.02. The van der Waals surface area contributed by atoms with Gasteiger partial charge in [0.2, 0.25) is 17.8 Å². The van der Waals surface area contributed by atoms with Gasteiger partial charge in [0.05, 0.1) is 24.3 Å². The first-order valence-corrected chi connectivity index (χ1v) is 11.1. The van der Waals surface area contributed by atoms with Crippen molar-refractivity contribution in [2.75, 3.05) is 29.2 Å². The lowest BCUT2D eigenvalue weighted by Gasteiger charge is -2.36. The van der Waals surface area contributed by atoms with Crippen molar-refractivity contribution >= 4 is 29.3 Å². The normalized spacial score (nSPS) is 20.3. The highest BCUT2D eigenvalue weighted by Crippen LogP contribution is 2.33. The Morgan fingerprint density at radius 3 is 2.88 bits per heavy atom. The van der Waals surface area contributed by atoms with Gasteiger partial charge in [0, 0.05) is 19.0 Å². The molecule has 0 bridgehead atoms. The van der Waals surface area contributed by atoms with Gasteiger partial charge in [-0.3, -0.25) is 19.4 Å². The monoisotopic (exact) mass is 439 g/mol. The first kappa shape index (κ1) is 21.9. The van der Waals surface area contributed by atoms with E-state index in [4.69, 9.17) is 4.74 Å². The summed E-state index contributed by atoms with van der Waals surface area (Å²) in [5.74, 6) is -0.628. The van der Waals surface area contributed by atoms with Crippen LogP contribution in [0.3, 0.4) is 0 Å². The summed E-state index contributed by atoms with van der Waals surface area (Å²) in [7, 11) is 1.52. The molecular formula is C23H29N5O4. The SMILES string of the molecule is CC[C@H]1CCCCN1c1nc2c(c(=O)[nH]1)[C@@H](C(=O)Nc1cc(C)ccc1OC)CC(=O)N2. The zero-order valence-corrected chi connectivity index (χ0v) is 18.7. The van der Waals surface area contributed by atoms with E-state index < -0.39 is 17.4 Å². The van der Waals surface area contributed by atoms with Crippen LogP contribution in [0.4, 0.5) is 17.5 Å². The molecule has 0 unspecified atom stereocenters.